The molecular formula is C20H20ClNO2. The molecule has 4 heteroatoms. The lowest BCUT2D eigenvalue weighted by atomic mass is 9.90. The second-order valence-electron chi connectivity index (χ2n) is 6.76. The molecule has 124 valence electrons. The van der Waals surface area contributed by atoms with Gasteiger partial charge in [-0.1, -0.05) is 35.9 Å². The molecular weight excluding hydrogens is 322 g/mol. The highest BCUT2D eigenvalue weighted by atomic mass is 35.5. The largest absolute Gasteiger partial charge is 0.509 e. The molecule has 1 aliphatic heterocycles. The van der Waals surface area contributed by atoms with E-state index in [0.29, 0.717) is 10.6 Å². The third-order valence-electron chi connectivity index (χ3n) is 4.49. The molecule has 0 saturated heterocycles. The smallest absolute Gasteiger partial charge is 0.256 e. The molecule has 0 aromatic heterocycles. The van der Waals surface area contributed by atoms with Gasteiger partial charge in [-0.2, -0.15) is 0 Å². The van der Waals surface area contributed by atoms with Crippen molar-refractivity contribution >= 4 is 23.1 Å². The predicted octanol–water partition coefficient (Wildman–Crippen LogP) is 4.80. The maximum Gasteiger partial charge on any atom is 0.256 e. The summed E-state index contributed by atoms with van der Waals surface area (Å²) < 4.78 is 0. The van der Waals surface area contributed by atoms with Crippen LogP contribution >= 0.6 is 11.6 Å². The lowest BCUT2D eigenvalue weighted by Crippen LogP contribution is -2.38. The lowest BCUT2D eigenvalue weighted by molar-refractivity contribution is -0.115. The van der Waals surface area contributed by atoms with E-state index in [0.717, 1.165) is 27.8 Å². The highest BCUT2D eigenvalue weighted by Gasteiger charge is 2.39. The van der Waals surface area contributed by atoms with Crippen molar-refractivity contribution < 1.29 is 9.90 Å². The minimum absolute atomic E-state index is 0.0737. The van der Waals surface area contributed by atoms with Crippen LogP contribution in [-0.2, 0) is 4.79 Å². The maximum atomic E-state index is 12.4. The second kappa shape index (κ2) is 5.67. The fraction of sp³-hybridized carbons (Fsp3) is 0.250. The van der Waals surface area contributed by atoms with Crippen LogP contribution in [0, 0.1) is 13.8 Å². The van der Waals surface area contributed by atoms with Crippen molar-refractivity contribution in [3.05, 3.63) is 63.9 Å². The van der Waals surface area contributed by atoms with Crippen LogP contribution in [0.1, 0.15) is 30.5 Å². The zero-order chi connectivity index (χ0) is 17.6. The Balaban J connectivity index is 2.25. The van der Waals surface area contributed by atoms with Crippen molar-refractivity contribution in [2.24, 2.45) is 0 Å². The summed E-state index contributed by atoms with van der Waals surface area (Å²) in [7, 11) is 0. The van der Waals surface area contributed by atoms with E-state index in [-0.39, 0.29) is 11.7 Å². The highest BCUT2D eigenvalue weighted by Crippen LogP contribution is 2.37. The van der Waals surface area contributed by atoms with Crippen LogP contribution in [0.25, 0.3) is 16.7 Å². The van der Waals surface area contributed by atoms with E-state index in [1.807, 2.05) is 50.2 Å². The minimum atomic E-state index is -0.756. The van der Waals surface area contributed by atoms with Crippen LogP contribution in [0.4, 0.5) is 0 Å². The SMILES string of the molecule is Cc1cc(C)c(-c2ccccc2Cl)cc1C1=C(O)C(C)(C)NC1=O. The van der Waals surface area contributed by atoms with E-state index >= 15 is 0 Å². The Morgan fingerprint density at radius 2 is 1.62 bits per heavy atom. The summed E-state index contributed by atoms with van der Waals surface area (Å²) in [5.74, 6) is -0.181. The van der Waals surface area contributed by atoms with Gasteiger partial charge in [-0.05, 0) is 62.1 Å². The van der Waals surface area contributed by atoms with Crippen molar-refractivity contribution in [2.45, 2.75) is 33.2 Å². The number of rotatable bonds is 2. The van der Waals surface area contributed by atoms with Crippen LogP contribution in [0.3, 0.4) is 0 Å². The molecule has 2 N–H and O–H groups in total. The van der Waals surface area contributed by atoms with Crippen molar-refractivity contribution in [1.29, 1.82) is 0 Å². The molecule has 3 rings (SSSR count). The second-order valence-corrected chi connectivity index (χ2v) is 7.17. The number of carbonyl (C=O) groups excluding carboxylic acids is 1. The van der Waals surface area contributed by atoms with E-state index in [1.165, 1.54) is 0 Å². The fourth-order valence-electron chi connectivity index (χ4n) is 3.17. The lowest BCUT2D eigenvalue weighted by Gasteiger charge is -2.17. The van der Waals surface area contributed by atoms with Gasteiger partial charge in [0.25, 0.3) is 5.91 Å². The van der Waals surface area contributed by atoms with Gasteiger partial charge in [0.1, 0.15) is 5.76 Å². The maximum absolute atomic E-state index is 12.4. The van der Waals surface area contributed by atoms with Crippen LogP contribution < -0.4 is 5.32 Å². The number of benzene rings is 2. The average molecular weight is 342 g/mol. The quantitative estimate of drug-likeness (QED) is 0.824. The molecule has 1 aliphatic rings. The topological polar surface area (TPSA) is 49.3 Å². The van der Waals surface area contributed by atoms with Gasteiger partial charge in [-0.25, -0.2) is 0 Å². The van der Waals surface area contributed by atoms with E-state index in [2.05, 4.69) is 5.32 Å². The standard InChI is InChI=1S/C20H20ClNO2/c1-11-9-12(2)15(17-18(23)20(3,4)22-19(17)24)10-14(11)13-7-5-6-8-16(13)21/h5-10,23H,1-4H3,(H,22,24). The van der Waals surface area contributed by atoms with Gasteiger partial charge >= 0.3 is 0 Å². The molecule has 0 bridgehead atoms. The molecule has 2 aromatic rings. The molecule has 0 atom stereocenters. The molecule has 2 aromatic carbocycles. The average Bonchev–Trinajstić information content (AvgIpc) is 2.69. The van der Waals surface area contributed by atoms with Gasteiger partial charge in [0.15, 0.2) is 0 Å². The van der Waals surface area contributed by atoms with Crippen LogP contribution in [-0.4, -0.2) is 16.6 Å². The molecule has 1 amide bonds. The Morgan fingerprint density at radius 1 is 1.00 bits per heavy atom. The summed E-state index contributed by atoms with van der Waals surface area (Å²) in [6, 6.07) is 11.6. The molecule has 0 fully saturated rings. The first-order chi connectivity index (χ1) is 11.2. The zero-order valence-corrected chi connectivity index (χ0v) is 15.0. The van der Waals surface area contributed by atoms with Crippen LogP contribution in [0.5, 0.6) is 0 Å². The van der Waals surface area contributed by atoms with Gasteiger partial charge in [-0.15, -0.1) is 0 Å². The Morgan fingerprint density at radius 3 is 2.21 bits per heavy atom. The number of nitrogens with one attached hydrogen (secondary N) is 1. The number of aryl methyl sites for hydroxylation is 2. The van der Waals surface area contributed by atoms with Crippen LogP contribution in [0.15, 0.2) is 42.2 Å². The summed E-state index contributed by atoms with van der Waals surface area (Å²) >= 11 is 6.34. The third-order valence-corrected chi connectivity index (χ3v) is 4.82. The van der Waals surface area contributed by atoms with Crippen molar-refractivity contribution in [3.8, 4) is 11.1 Å². The number of halogens is 1. The number of aliphatic hydroxyl groups is 1. The monoisotopic (exact) mass is 341 g/mol. The summed E-state index contributed by atoms with van der Waals surface area (Å²) in [6.07, 6.45) is 0. The first kappa shape index (κ1) is 16.6. The summed E-state index contributed by atoms with van der Waals surface area (Å²) in [6.45, 7) is 7.53. The molecule has 0 unspecified atom stereocenters. The minimum Gasteiger partial charge on any atom is -0.509 e. The molecule has 24 heavy (non-hydrogen) atoms. The number of aliphatic hydroxyl groups excluding tert-OH is 1. The molecule has 0 radical (unpaired) electrons. The summed E-state index contributed by atoms with van der Waals surface area (Å²) in [5.41, 5.74) is 4.20. The van der Waals surface area contributed by atoms with E-state index in [9.17, 15) is 9.90 Å². The highest BCUT2D eigenvalue weighted by molar-refractivity contribution is 6.33. The molecule has 1 heterocycles. The van der Waals surface area contributed by atoms with E-state index < -0.39 is 5.54 Å². The summed E-state index contributed by atoms with van der Waals surface area (Å²) in [5, 5.41) is 14.0. The number of hydrogen-bond acceptors (Lipinski definition) is 2. The van der Waals surface area contributed by atoms with Crippen molar-refractivity contribution in [1.82, 2.24) is 5.32 Å². The van der Waals surface area contributed by atoms with Crippen molar-refractivity contribution in [3.63, 3.8) is 0 Å². The van der Waals surface area contributed by atoms with Crippen molar-refractivity contribution in [2.75, 3.05) is 0 Å². The fourth-order valence-corrected chi connectivity index (χ4v) is 3.40. The Labute approximate surface area is 147 Å². The number of amides is 1. The first-order valence-electron chi connectivity index (χ1n) is 7.85. The Bertz CT molecular complexity index is 881. The molecule has 0 aliphatic carbocycles. The predicted molar refractivity (Wildman–Crippen MR) is 98.1 cm³/mol. The van der Waals surface area contributed by atoms with Crippen LogP contribution in [0.2, 0.25) is 5.02 Å². The Hall–Kier alpha value is -2.26. The van der Waals surface area contributed by atoms with E-state index in [4.69, 9.17) is 11.6 Å². The normalized spacial score (nSPS) is 16.5. The Kier molecular flexibility index (Phi) is 3.92. The third kappa shape index (κ3) is 2.59. The number of carbonyl (C=O) groups is 1. The van der Waals surface area contributed by atoms with Gasteiger partial charge in [0, 0.05) is 10.6 Å². The summed E-state index contributed by atoms with van der Waals surface area (Å²) in [4.78, 5) is 12.4. The number of hydrogen-bond donors (Lipinski definition) is 2. The first-order valence-corrected chi connectivity index (χ1v) is 8.23. The molecule has 0 saturated carbocycles. The zero-order valence-electron chi connectivity index (χ0n) is 14.2. The van der Waals surface area contributed by atoms with Gasteiger partial charge in [0.05, 0.1) is 11.1 Å². The van der Waals surface area contributed by atoms with Gasteiger partial charge in [-0.3, -0.25) is 4.79 Å². The van der Waals surface area contributed by atoms with Gasteiger partial charge in [0.2, 0.25) is 0 Å². The molecule has 3 nitrogen and oxygen atoms in total. The molecule has 0 spiro atoms. The van der Waals surface area contributed by atoms with E-state index in [1.54, 1.807) is 13.8 Å². The van der Waals surface area contributed by atoms with Gasteiger partial charge < -0.3 is 10.4 Å².